The molecule has 0 aliphatic heterocycles. The highest BCUT2D eigenvalue weighted by Gasteiger charge is 2.14. The molecule has 3 aromatic rings. The molecule has 0 atom stereocenters. The molecule has 2 aromatic carbocycles. The van der Waals surface area contributed by atoms with Gasteiger partial charge in [-0.3, -0.25) is 19.1 Å². The number of anilines is 2. The Balaban J connectivity index is 1.59. The third kappa shape index (κ3) is 5.03. The fourth-order valence-corrected chi connectivity index (χ4v) is 3.31. The summed E-state index contributed by atoms with van der Waals surface area (Å²) in [5, 5.41) is 5.37. The molecule has 0 unspecified atom stereocenters. The molecule has 156 valence electrons. The molecule has 4 N–H and O–H groups in total. The predicted molar refractivity (Wildman–Crippen MR) is 115 cm³/mol. The van der Waals surface area contributed by atoms with Crippen molar-refractivity contribution in [3.05, 3.63) is 70.5 Å². The Morgan fingerprint density at radius 2 is 1.67 bits per heavy atom. The normalized spacial score (nSPS) is 11.1. The van der Waals surface area contributed by atoms with Crippen molar-refractivity contribution in [3.63, 3.8) is 0 Å². The van der Waals surface area contributed by atoms with Crippen molar-refractivity contribution in [1.29, 1.82) is 0 Å². The van der Waals surface area contributed by atoms with Crippen LogP contribution < -0.4 is 20.8 Å². The van der Waals surface area contributed by atoms with Gasteiger partial charge in [-0.2, -0.15) is 0 Å². The maximum atomic E-state index is 12.4. The molecule has 10 heteroatoms. The second-order valence-electron chi connectivity index (χ2n) is 6.39. The Morgan fingerprint density at radius 3 is 2.37 bits per heavy atom. The van der Waals surface area contributed by atoms with E-state index in [0.29, 0.717) is 22.3 Å². The number of amides is 2. The summed E-state index contributed by atoms with van der Waals surface area (Å²) in [4.78, 5) is 39.7. The Bertz CT molecular complexity index is 1250. The number of rotatable bonds is 7. The number of carbonyl (C=O) groups excluding carboxylic acids is 2. The summed E-state index contributed by atoms with van der Waals surface area (Å²) in [6, 6.07) is 12.9. The fraction of sp³-hybridized carbons (Fsp3) is 0.150. The van der Waals surface area contributed by atoms with Crippen LogP contribution >= 0.6 is 0 Å². The molecular formula is C20H20N4O5S. The third-order valence-corrected chi connectivity index (χ3v) is 5.57. The topological polar surface area (TPSA) is 137 Å². The highest BCUT2D eigenvalue weighted by Crippen LogP contribution is 2.15. The van der Waals surface area contributed by atoms with E-state index in [0.717, 1.165) is 0 Å². The Kier molecular flexibility index (Phi) is 6.17. The van der Waals surface area contributed by atoms with Gasteiger partial charge in [0.1, 0.15) is 5.56 Å². The van der Waals surface area contributed by atoms with E-state index in [9.17, 15) is 22.8 Å². The monoisotopic (exact) mass is 428 g/mol. The molecule has 30 heavy (non-hydrogen) atoms. The van der Waals surface area contributed by atoms with Gasteiger partial charge in [0, 0.05) is 28.5 Å². The number of H-pyrrole nitrogens is 1. The van der Waals surface area contributed by atoms with Gasteiger partial charge >= 0.3 is 0 Å². The van der Waals surface area contributed by atoms with Crippen LogP contribution in [0.25, 0.3) is 10.9 Å². The van der Waals surface area contributed by atoms with Crippen molar-refractivity contribution in [2.75, 3.05) is 22.3 Å². The van der Waals surface area contributed by atoms with Crippen LogP contribution in [0.2, 0.25) is 0 Å². The number of hydrogen-bond acceptors (Lipinski definition) is 5. The van der Waals surface area contributed by atoms with Crippen molar-refractivity contribution in [3.8, 4) is 0 Å². The number of fused-ring (bicyclic) bond motifs is 1. The minimum absolute atomic E-state index is 0.0504. The molecule has 0 saturated heterocycles. The molecule has 0 aliphatic rings. The van der Waals surface area contributed by atoms with E-state index in [-0.39, 0.29) is 17.9 Å². The van der Waals surface area contributed by atoms with Crippen LogP contribution in [-0.2, 0) is 14.8 Å². The standard InChI is InChI=1S/C20H20N4O5S/c1-2-30(28,29)24-14-9-7-13(8-10-14)23-18(25)12-22-20(27)16-11-21-17-6-4-3-5-15(17)19(16)26/h3-11,24H,2,12H2,1H3,(H,21,26)(H,22,27)(H,23,25). The maximum absolute atomic E-state index is 12.4. The SMILES string of the molecule is CCS(=O)(=O)Nc1ccc(NC(=O)CNC(=O)c2c[nH]c3ccccc3c2=O)cc1. The smallest absolute Gasteiger partial charge is 0.257 e. The molecule has 1 heterocycles. The highest BCUT2D eigenvalue weighted by molar-refractivity contribution is 7.92. The molecule has 9 nitrogen and oxygen atoms in total. The number of hydrogen-bond donors (Lipinski definition) is 4. The van der Waals surface area contributed by atoms with Crippen LogP contribution in [0, 0.1) is 0 Å². The summed E-state index contributed by atoms with van der Waals surface area (Å²) >= 11 is 0. The zero-order chi connectivity index (χ0) is 21.7. The van der Waals surface area contributed by atoms with E-state index >= 15 is 0 Å². The molecule has 0 bridgehead atoms. The summed E-state index contributed by atoms with van der Waals surface area (Å²) in [7, 11) is -3.38. The number of sulfonamides is 1. The third-order valence-electron chi connectivity index (χ3n) is 4.26. The van der Waals surface area contributed by atoms with Gasteiger partial charge in [-0.15, -0.1) is 0 Å². The quantitative estimate of drug-likeness (QED) is 0.454. The van der Waals surface area contributed by atoms with E-state index in [1.54, 1.807) is 24.3 Å². The summed E-state index contributed by atoms with van der Waals surface area (Å²) in [6.45, 7) is 1.19. The van der Waals surface area contributed by atoms with E-state index < -0.39 is 27.3 Å². The summed E-state index contributed by atoms with van der Waals surface area (Å²) in [5.41, 5.74) is 0.902. The first-order valence-electron chi connectivity index (χ1n) is 9.08. The van der Waals surface area contributed by atoms with Crippen molar-refractivity contribution in [1.82, 2.24) is 10.3 Å². The lowest BCUT2D eigenvalue weighted by Gasteiger charge is -2.09. The lowest BCUT2D eigenvalue weighted by molar-refractivity contribution is -0.115. The van der Waals surface area contributed by atoms with Gasteiger partial charge < -0.3 is 15.6 Å². The van der Waals surface area contributed by atoms with Crippen LogP contribution in [0.15, 0.2) is 59.5 Å². The zero-order valence-electron chi connectivity index (χ0n) is 16.1. The van der Waals surface area contributed by atoms with E-state index in [4.69, 9.17) is 0 Å². The lowest BCUT2D eigenvalue weighted by Crippen LogP contribution is -2.35. The second kappa shape index (κ2) is 8.78. The predicted octanol–water partition coefficient (Wildman–Crippen LogP) is 1.66. The van der Waals surface area contributed by atoms with Crippen molar-refractivity contribution in [2.45, 2.75) is 6.92 Å². The second-order valence-corrected chi connectivity index (χ2v) is 8.40. The van der Waals surface area contributed by atoms with E-state index in [2.05, 4.69) is 20.3 Å². The van der Waals surface area contributed by atoms with Gasteiger partial charge in [0.25, 0.3) is 5.91 Å². The molecule has 0 aliphatic carbocycles. The van der Waals surface area contributed by atoms with Crippen molar-refractivity contribution < 1.29 is 18.0 Å². The van der Waals surface area contributed by atoms with Gasteiger partial charge in [0.15, 0.2) is 0 Å². The summed E-state index contributed by atoms with van der Waals surface area (Å²) < 4.78 is 25.5. The highest BCUT2D eigenvalue weighted by atomic mass is 32.2. The van der Waals surface area contributed by atoms with Crippen molar-refractivity contribution >= 4 is 44.1 Å². The molecule has 0 saturated carbocycles. The lowest BCUT2D eigenvalue weighted by atomic mass is 10.1. The molecule has 0 radical (unpaired) electrons. The van der Waals surface area contributed by atoms with Crippen LogP contribution in [0.4, 0.5) is 11.4 Å². The molecule has 0 spiro atoms. The number of aromatic amines is 1. The minimum atomic E-state index is -3.38. The molecule has 0 fully saturated rings. The summed E-state index contributed by atoms with van der Waals surface area (Å²) in [5.74, 6) is -1.21. The number of benzene rings is 2. The Labute approximate surface area is 172 Å². The average molecular weight is 428 g/mol. The van der Waals surface area contributed by atoms with E-state index in [1.807, 2.05) is 0 Å². The average Bonchev–Trinajstić information content (AvgIpc) is 2.74. The maximum Gasteiger partial charge on any atom is 0.257 e. The first kappa shape index (κ1) is 21.1. The Hall–Kier alpha value is -3.66. The fourth-order valence-electron chi connectivity index (χ4n) is 2.67. The molecule has 2 amide bonds. The number of aromatic nitrogens is 1. The zero-order valence-corrected chi connectivity index (χ0v) is 16.9. The van der Waals surface area contributed by atoms with Gasteiger partial charge in [0.2, 0.25) is 21.4 Å². The van der Waals surface area contributed by atoms with E-state index in [1.165, 1.54) is 37.4 Å². The molecule has 1 aromatic heterocycles. The summed E-state index contributed by atoms with van der Waals surface area (Å²) in [6.07, 6.45) is 1.31. The van der Waals surface area contributed by atoms with Crippen LogP contribution in [0.1, 0.15) is 17.3 Å². The van der Waals surface area contributed by atoms with Crippen LogP contribution in [0.3, 0.4) is 0 Å². The first-order chi connectivity index (χ1) is 14.3. The molecular weight excluding hydrogens is 408 g/mol. The van der Waals surface area contributed by atoms with Crippen LogP contribution in [0.5, 0.6) is 0 Å². The van der Waals surface area contributed by atoms with Crippen molar-refractivity contribution in [2.24, 2.45) is 0 Å². The number of nitrogens with one attached hydrogen (secondary N) is 4. The van der Waals surface area contributed by atoms with Gasteiger partial charge in [-0.05, 0) is 43.3 Å². The largest absolute Gasteiger partial charge is 0.360 e. The molecule has 3 rings (SSSR count). The van der Waals surface area contributed by atoms with Gasteiger partial charge in [0.05, 0.1) is 12.3 Å². The van der Waals surface area contributed by atoms with Gasteiger partial charge in [-0.1, -0.05) is 12.1 Å². The number of para-hydroxylation sites is 1. The van der Waals surface area contributed by atoms with Crippen LogP contribution in [-0.4, -0.2) is 37.5 Å². The number of carbonyl (C=O) groups is 2. The minimum Gasteiger partial charge on any atom is -0.360 e. The number of pyridine rings is 1. The first-order valence-corrected chi connectivity index (χ1v) is 10.7. The van der Waals surface area contributed by atoms with Gasteiger partial charge in [-0.25, -0.2) is 8.42 Å². The Morgan fingerprint density at radius 1 is 1.00 bits per heavy atom.